The van der Waals surface area contributed by atoms with Gasteiger partial charge in [-0.2, -0.15) is 0 Å². The number of nitrogens with one attached hydrogen (secondary N) is 2. The highest BCUT2D eigenvalue weighted by Crippen LogP contribution is 2.40. The van der Waals surface area contributed by atoms with E-state index in [4.69, 9.17) is 11.6 Å². The third-order valence-electron chi connectivity index (χ3n) is 5.46. The number of carbonyl (C=O) groups is 2. The summed E-state index contributed by atoms with van der Waals surface area (Å²) in [6.07, 6.45) is 0.233. The number of urea groups is 1. The fourth-order valence-electron chi connectivity index (χ4n) is 3.88. The minimum Gasteiger partial charge on any atom is -0.326 e. The Labute approximate surface area is 204 Å². The van der Waals surface area contributed by atoms with Crippen molar-refractivity contribution in [2.24, 2.45) is 0 Å². The smallest absolute Gasteiger partial charge is 0.319 e. The predicted octanol–water partition coefficient (Wildman–Crippen LogP) is 5.52. The van der Waals surface area contributed by atoms with E-state index >= 15 is 8.78 Å². The molecule has 0 spiro atoms. The van der Waals surface area contributed by atoms with Crippen molar-refractivity contribution >= 4 is 58.7 Å². The van der Waals surface area contributed by atoms with E-state index in [1.807, 2.05) is 0 Å². The van der Waals surface area contributed by atoms with Gasteiger partial charge in [-0.15, -0.1) is 11.3 Å². The summed E-state index contributed by atoms with van der Waals surface area (Å²) in [6.45, 7) is 3.24. The molecule has 0 radical (unpaired) electrons. The zero-order valence-electron chi connectivity index (χ0n) is 18.3. The monoisotopic (exact) mass is 523 g/mol. The Kier molecular flexibility index (Phi) is 6.80. The Morgan fingerprint density at radius 3 is 2.56 bits per heavy atom. The Morgan fingerprint density at radius 1 is 1.15 bits per heavy atom. The fraction of sp³-hybridized carbons (Fsp3) is 0.217. The van der Waals surface area contributed by atoms with Gasteiger partial charge in [0.15, 0.2) is 11.6 Å². The van der Waals surface area contributed by atoms with Gasteiger partial charge in [0, 0.05) is 22.8 Å². The van der Waals surface area contributed by atoms with Crippen LogP contribution in [-0.4, -0.2) is 37.9 Å². The minimum atomic E-state index is -2.75. The maximum atomic E-state index is 15.2. The number of carbonyl (C=O) groups excluding carboxylic acids is 2. The summed E-state index contributed by atoms with van der Waals surface area (Å²) in [5.41, 5.74) is 0.587. The highest BCUT2D eigenvalue weighted by atomic mass is 35.5. The van der Waals surface area contributed by atoms with E-state index < -0.39 is 36.8 Å². The molecule has 1 atom stereocenters. The average molecular weight is 524 g/mol. The number of halogens is 3. The molecule has 0 aliphatic carbocycles. The molecule has 6 nitrogen and oxygen atoms in total. The quantitative estimate of drug-likeness (QED) is 0.432. The predicted molar refractivity (Wildman–Crippen MR) is 133 cm³/mol. The molecule has 2 N–H and O–H groups in total. The first-order valence-electron chi connectivity index (χ1n) is 10.3. The molecule has 0 bridgehead atoms. The highest BCUT2D eigenvalue weighted by molar-refractivity contribution is 7.70. The molecular formula is C23H21ClF2N3O3PS. The van der Waals surface area contributed by atoms with Crippen molar-refractivity contribution in [2.45, 2.75) is 12.5 Å². The number of hydrogen-bond acceptors (Lipinski definition) is 4. The molecule has 1 aliphatic rings. The Bertz CT molecular complexity index is 1330. The second-order valence-electron chi connectivity index (χ2n) is 8.20. The minimum absolute atomic E-state index is 0.0316. The third-order valence-corrected chi connectivity index (χ3v) is 8.10. The van der Waals surface area contributed by atoms with Gasteiger partial charge in [0.25, 0.3) is 0 Å². The van der Waals surface area contributed by atoms with E-state index in [9.17, 15) is 14.2 Å². The first-order valence-corrected chi connectivity index (χ1v) is 14.2. The van der Waals surface area contributed by atoms with E-state index in [1.54, 1.807) is 49.0 Å². The van der Waals surface area contributed by atoms with E-state index in [0.717, 1.165) is 4.90 Å². The Hall–Kier alpha value is -2.74. The number of benzene rings is 2. The molecule has 1 aliphatic heterocycles. The number of amides is 3. The molecule has 3 aromatic rings. The van der Waals surface area contributed by atoms with Gasteiger partial charge in [-0.25, -0.2) is 13.6 Å². The van der Waals surface area contributed by atoms with Gasteiger partial charge in [0.2, 0.25) is 5.91 Å². The van der Waals surface area contributed by atoms with E-state index in [-0.39, 0.29) is 24.2 Å². The first kappa shape index (κ1) is 24.4. The SMILES string of the molecule is CP(C)(=O)c1ccccc1-c1ccc(N2CCC(NC(=O)Nc3csc(Cl)c3)C2=O)c(F)c1F. The second kappa shape index (κ2) is 9.49. The Balaban J connectivity index is 1.55. The lowest BCUT2D eigenvalue weighted by molar-refractivity contribution is -0.118. The molecule has 4 rings (SSSR count). The van der Waals surface area contributed by atoms with E-state index in [1.165, 1.54) is 23.5 Å². The van der Waals surface area contributed by atoms with Gasteiger partial charge < -0.3 is 20.1 Å². The van der Waals surface area contributed by atoms with Crippen LogP contribution in [0.3, 0.4) is 0 Å². The second-order valence-corrected chi connectivity index (χ2v) is 12.9. The normalized spacial score (nSPS) is 16.1. The topological polar surface area (TPSA) is 78.5 Å². The summed E-state index contributed by atoms with van der Waals surface area (Å²) in [5, 5.41) is 7.23. The van der Waals surface area contributed by atoms with Crippen molar-refractivity contribution < 1.29 is 22.9 Å². The van der Waals surface area contributed by atoms with Gasteiger partial charge in [-0.3, -0.25) is 4.79 Å². The first-order chi connectivity index (χ1) is 16.1. The molecule has 2 aromatic carbocycles. The number of thiophene rings is 1. The van der Waals surface area contributed by atoms with Crippen LogP contribution < -0.4 is 20.8 Å². The molecule has 34 heavy (non-hydrogen) atoms. The third kappa shape index (κ3) is 4.87. The Morgan fingerprint density at radius 2 is 1.88 bits per heavy atom. The summed E-state index contributed by atoms with van der Waals surface area (Å²) < 4.78 is 43.4. The summed E-state index contributed by atoms with van der Waals surface area (Å²) in [7, 11) is -2.75. The molecule has 11 heteroatoms. The van der Waals surface area contributed by atoms with Crippen LogP contribution in [0, 0.1) is 11.6 Å². The van der Waals surface area contributed by atoms with Gasteiger partial charge >= 0.3 is 6.03 Å². The highest BCUT2D eigenvalue weighted by Gasteiger charge is 2.36. The maximum absolute atomic E-state index is 15.2. The van der Waals surface area contributed by atoms with Gasteiger partial charge in [0.1, 0.15) is 13.2 Å². The number of nitrogens with zero attached hydrogens (tertiary/aromatic N) is 1. The van der Waals surface area contributed by atoms with Crippen molar-refractivity contribution in [1.29, 1.82) is 0 Å². The van der Waals surface area contributed by atoms with Crippen LogP contribution in [0.15, 0.2) is 47.8 Å². The molecule has 0 saturated carbocycles. The fourth-order valence-corrected chi connectivity index (χ4v) is 5.91. The van der Waals surface area contributed by atoms with Gasteiger partial charge in [0.05, 0.1) is 15.7 Å². The lowest BCUT2D eigenvalue weighted by Crippen LogP contribution is -2.43. The number of rotatable bonds is 5. The van der Waals surface area contributed by atoms with Crippen molar-refractivity contribution in [1.82, 2.24) is 5.32 Å². The van der Waals surface area contributed by atoms with E-state index in [2.05, 4.69) is 10.6 Å². The van der Waals surface area contributed by atoms with Crippen LogP contribution in [0.5, 0.6) is 0 Å². The summed E-state index contributed by atoms with van der Waals surface area (Å²) in [6, 6.07) is 9.37. The largest absolute Gasteiger partial charge is 0.326 e. The molecule has 1 fully saturated rings. The lowest BCUT2D eigenvalue weighted by Gasteiger charge is -2.20. The molecule has 3 amide bonds. The van der Waals surface area contributed by atoms with Crippen LogP contribution >= 0.6 is 30.1 Å². The molecule has 2 heterocycles. The summed E-state index contributed by atoms with van der Waals surface area (Å²) in [4.78, 5) is 26.2. The number of hydrogen-bond donors (Lipinski definition) is 2. The van der Waals surface area contributed by atoms with Crippen LogP contribution in [-0.2, 0) is 9.36 Å². The van der Waals surface area contributed by atoms with Crippen molar-refractivity contribution in [2.75, 3.05) is 30.1 Å². The average Bonchev–Trinajstić information content (AvgIpc) is 3.34. The molecule has 1 unspecified atom stereocenters. The standard InChI is InChI=1S/C23H21ClF2N3O3PS/c1-33(2,32)18-6-4-3-5-14(18)15-7-8-17(21(26)20(15)25)29-10-9-16(22(29)30)28-23(31)27-13-11-19(24)34-12-13/h3-8,11-12,16H,9-10H2,1-2H3,(H2,27,28,31). The van der Waals surface area contributed by atoms with Gasteiger partial charge in [-0.05, 0) is 43.5 Å². The van der Waals surface area contributed by atoms with Crippen LogP contribution in [0.1, 0.15) is 6.42 Å². The zero-order valence-corrected chi connectivity index (χ0v) is 20.7. The van der Waals surface area contributed by atoms with Gasteiger partial charge in [-0.1, -0.05) is 35.9 Å². The molecular weight excluding hydrogens is 503 g/mol. The molecule has 1 aromatic heterocycles. The lowest BCUT2D eigenvalue weighted by atomic mass is 10.0. The molecule has 1 saturated heterocycles. The summed E-state index contributed by atoms with van der Waals surface area (Å²) >= 11 is 7.09. The van der Waals surface area contributed by atoms with Crippen LogP contribution in [0.25, 0.3) is 11.1 Å². The van der Waals surface area contributed by atoms with Crippen molar-refractivity contribution in [3.05, 3.63) is 63.8 Å². The maximum Gasteiger partial charge on any atom is 0.319 e. The van der Waals surface area contributed by atoms with Crippen LogP contribution in [0.4, 0.5) is 25.0 Å². The van der Waals surface area contributed by atoms with Crippen molar-refractivity contribution in [3.8, 4) is 11.1 Å². The number of anilines is 2. The van der Waals surface area contributed by atoms with E-state index in [0.29, 0.717) is 20.9 Å². The summed E-state index contributed by atoms with van der Waals surface area (Å²) in [5.74, 6) is -2.85. The van der Waals surface area contributed by atoms with Crippen molar-refractivity contribution in [3.63, 3.8) is 0 Å². The molecule has 178 valence electrons. The zero-order chi connectivity index (χ0) is 24.6. The van der Waals surface area contributed by atoms with Crippen LogP contribution in [0.2, 0.25) is 4.34 Å².